The van der Waals surface area contributed by atoms with Gasteiger partial charge in [0.2, 0.25) is 0 Å². The number of hydrogen-bond acceptors (Lipinski definition) is 2. The van der Waals surface area contributed by atoms with Crippen molar-refractivity contribution in [3.63, 3.8) is 0 Å². The molecule has 2 aliphatic rings. The Bertz CT molecular complexity index is 801. The number of aliphatic imine (C=N–C) groups is 1. The summed E-state index contributed by atoms with van der Waals surface area (Å²) in [5.41, 5.74) is 2.58. The van der Waals surface area contributed by atoms with Gasteiger partial charge in [0.25, 0.3) is 0 Å². The van der Waals surface area contributed by atoms with Gasteiger partial charge in [0, 0.05) is 26.1 Å². The number of halogens is 2. The molecular formula is C25H34BiCl2N2. The molecule has 0 aromatic heterocycles. The first kappa shape index (κ1) is 24.0. The average molecular weight is 642 g/mol. The van der Waals surface area contributed by atoms with Crippen LogP contribution in [-0.2, 0) is 12.8 Å². The number of aryl methyl sites for hydroxylation is 2. The molecule has 0 spiro atoms. The summed E-state index contributed by atoms with van der Waals surface area (Å²) < 4.78 is 2.41. The van der Waals surface area contributed by atoms with Crippen LogP contribution in [0.3, 0.4) is 0 Å². The van der Waals surface area contributed by atoms with Gasteiger partial charge in [0.05, 0.1) is 5.84 Å². The van der Waals surface area contributed by atoms with Gasteiger partial charge in [-0.05, 0) is 19.3 Å². The van der Waals surface area contributed by atoms with E-state index in [4.69, 9.17) is 17.0 Å². The van der Waals surface area contributed by atoms with Crippen molar-refractivity contribution in [1.29, 1.82) is 0 Å². The molecule has 0 N–H and O–H groups in total. The summed E-state index contributed by atoms with van der Waals surface area (Å²) in [6, 6.07) is 16.7. The van der Waals surface area contributed by atoms with Crippen LogP contribution in [-0.4, -0.2) is 48.2 Å². The minimum atomic E-state index is -3.55. The van der Waals surface area contributed by atoms with Gasteiger partial charge < -0.3 is 4.90 Å². The fraction of sp³-hybridized carbons (Fsp3) is 0.480. The van der Waals surface area contributed by atoms with Crippen LogP contribution in [0.15, 0.2) is 53.5 Å². The zero-order valence-electron chi connectivity index (χ0n) is 18.3. The molecule has 2 aliphatic heterocycles. The van der Waals surface area contributed by atoms with E-state index in [1.165, 1.54) is 68.7 Å². The van der Waals surface area contributed by atoms with Gasteiger partial charge in [-0.3, -0.25) is 4.99 Å². The fourth-order valence-corrected chi connectivity index (χ4v) is 17.8. The minimum absolute atomic E-state index is 0.976. The van der Waals surface area contributed by atoms with E-state index in [2.05, 4.69) is 60.1 Å². The van der Waals surface area contributed by atoms with Crippen molar-refractivity contribution in [2.75, 3.05) is 19.6 Å². The summed E-state index contributed by atoms with van der Waals surface area (Å²) in [4.78, 5) is 7.04. The molecule has 2 heterocycles. The Hall–Kier alpha value is -0.627. The molecule has 0 atom stereocenters. The Labute approximate surface area is 194 Å². The van der Waals surface area contributed by atoms with Crippen molar-refractivity contribution >= 4 is 47.3 Å². The van der Waals surface area contributed by atoms with Crippen LogP contribution < -0.4 is 6.54 Å². The maximum atomic E-state index is 6.94. The van der Waals surface area contributed by atoms with E-state index in [0.717, 1.165) is 19.4 Å². The van der Waals surface area contributed by atoms with E-state index in [9.17, 15) is 0 Å². The molecule has 0 aliphatic carbocycles. The Morgan fingerprint density at radius 2 is 1.37 bits per heavy atom. The molecule has 1 radical (unpaired) electrons. The van der Waals surface area contributed by atoms with Gasteiger partial charge in [-0.25, -0.2) is 0 Å². The second-order valence-electron chi connectivity index (χ2n) is 7.93. The molecule has 4 rings (SSSR count). The Kier molecular flexibility index (Phi) is 9.48. The van der Waals surface area contributed by atoms with Crippen LogP contribution in [0.5, 0.6) is 0 Å². The molecular weight excluding hydrogens is 608 g/mol. The van der Waals surface area contributed by atoms with Crippen molar-refractivity contribution in [3.05, 3.63) is 59.7 Å². The van der Waals surface area contributed by atoms with Crippen LogP contribution in [0.25, 0.3) is 0 Å². The average Bonchev–Trinajstić information content (AvgIpc) is 3.05. The second-order valence-corrected chi connectivity index (χ2v) is 26.1. The molecule has 2 aromatic rings. The Balaban J connectivity index is 0.000000196. The third-order valence-corrected chi connectivity index (χ3v) is 20.4. The molecule has 2 nitrogen and oxygen atoms in total. The summed E-state index contributed by atoms with van der Waals surface area (Å²) in [7, 11) is 13.9. The van der Waals surface area contributed by atoms with Crippen LogP contribution in [0, 0.1) is 0 Å². The molecule has 5 heteroatoms. The third-order valence-electron chi connectivity index (χ3n) is 5.92. The molecule has 1 saturated heterocycles. The normalized spacial score (nSPS) is 16.7. The summed E-state index contributed by atoms with van der Waals surface area (Å²) >= 11 is -3.55. The van der Waals surface area contributed by atoms with E-state index in [0.29, 0.717) is 0 Å². The van der Waals surface area contributed by atoms with E-state index >= 15 is 0 Å². The number of amidine groups is 1. The van der Waals surface area contributed by atoms with E-state index in [-0.39, 0.29) is 0 Å². The number of nitrogens with zero attached hydrogens (tertiary/aromatic N) is 2. The molecule has 0 bridgehead atoms. The number of benzene rings is 2. The Morgan fingerprint density at radius 1 is 0.800 bits per heavy atom. The van der Waals surface area contributed by atoms with Crippen molar-refractivity contribution in [1.82, 2.24) is 4.90 Å². The molecule has 163 valence electrons. The third kappa shape index (κ3) is 5.99. The summed E-state index contributed by atoms with van der Waals surface area (Å²) in [5, 5.41) is 0. The first-order valence-electron chi connectivity index (χ1n) is 11.3. The first-order valence-corrected chi connectivity index (χ1v) is 23.3. The van der Waals surface area contributed by atoms with Crippen molar-refractivity contribution < 1.29 is 0 Å². The van der Waals surface area contributed by atoms with Gasteiger partial charge in [0.15, 0.2) is 0 Å². The summed E-state index contributed by atoms with van der Waals surface area (Å²) in [5.74, 6) is 1.40. The SMILES string of the molecule is C1CCC2=NCCCN2CC1.CCc1cccc[c]1[Bi]([Cl])([Cl])[c]1ccccc1CC. The van der Waals surface area contributed by atoms with E-state index < -0.39 is 17.9 Å². The molecule has 0 amide bonds. The van der Waals surface area contributed by atoms with Crippen molar-refractivity contribution in [2.24, 2.45) is 4.99 Å². The maximum absolute atomic E-state index is 6.94. The van der Waals surface area contributed by atoms with Gasteiger partial charge in [-0.1, -0.05) is 6.42 Å². The van der Waals surface area contributed by atoms with Gasteiger partial charge >= 0.3 is 128 Å². The van der Waals surface area contributed by atoms with Gasteiger partial charge in [0.1, 0.15) is 0 Å². The molecule has 2 aromatic carbocycles. The summed E-state index contributed by atoms with van der Waals surface area (Å²) in [6.07, 6.45) is 8.58. The first-order chi connectivity index (χ1) is 14.6. The quantitative estimate of drug-likeness (QED) is 0.402. The van der Waals surface area contributed by atoms with E-state index in [1.807, 2.05) is 12.1 Å². The van der Waals surface area contributed by atoms with Crippen LogP contribution >= 0.6 is 17.0 Å². The standard InChI is InChI=1S/C9H16N2.2C8H9.Bi.2ClH/c1-2-5-9-10-6-4-8-11(9)7-3-1;2*1-2-8-6-4-3-5-7-8;;;/h1-8H2;2*3-6H,2H2,1H3;;2*1H/q;;;+2;;/p-2. The molecule has 0 unspecified atom stereocenters. The van der Waals surface area contributed by atoms with Gasteiger partial charge in [-0.2, -0.15) is 0 Å². The van der Waals surface area contributed by atoms with Crippen molar-refractivity contribution in [2.45, 2.75) is 58.8 Å². The molecule has 30 heavy (non-hydrogen) atoms. The predicted octanol–water partition coefficient (Wildman–Crippen LogP) is 5.51. The zero-order chi connectivity index (χ0) is 21.4. The second kappa shape index (κ2) is 11.8. The predicted molar refractivity (Wildman–Crippen MR) is 135 cm³/mol. The van der Waals surface area contributed by atoms with Crippen LogP contribution in [0.4, 0.5) is 0 Å². The zero-order valence-corrected chi connectivity index (χ0v) is 23.3. The van der Waals surface area contributed by atoms with Crippen molar-refractivity contribution in [3.8, 4) is 0 Å². The van der Waals surface area contributed by atoms with E-state index in [1.54, 1.807) is 0 Å². The number of rotatable bonds is 4. The number of hydrogen-bond donors (Lipinski definition) is 0. The summed E-state index contributed by atoms with van der Waals surface area (Å²) in [6.45, 7) is 7.91. The number of fused-ring (bicyclic) bond motifs is 1. The Morgan fingerprint density at radius 3 is 1.97 bits per heavy atom. The monoisotopic (exact) mass is 641 g/mol. The fourth-order valence-electron chi connectivity index (χ4n) is 4.24. The van der Waals surface area contributed by atoms with Crippen LogP contribution in [0.2, 0.25) is 0 Å². The van der Waals surface area contributed by atoms with Crippen LogP contribution in [0.1, 0.15) is 57.1 Å². The molecule has 0 saturated carbocycles. The topological polar surface area (TPSA) is 15.6 Å². The molecule has 1 fully saturated rings. The van der Waals surface area contributed by atoms with Gasteiger partial charge in [-0.15, -0.1) is 0 Å².